The minimum Gasteiger partial charge on any atom is -0.467 e. The van der Waals surface area contributed by atoms with E-state index in [9.17, 15) is 22.8 Å². The molecule has 0 spiro atoms. The van der Waals surface area contributed by atoms with Crippen molar-refractivity contribution in [1.82, 2.24) is 10.2 Å². The highest BCUT2D eigenvalue weighted by Crippen LogP contribution is 2.39. The van der Waals surface area contributed by atoms with Gasteiger partial charge in [-0.05, 0) is 17.2 Å². The number of carbonyl (C=O) groups excluding carboxylic acids is 2. The quantitative estimate of drug-likeness (QED) is 0.526. The number of fused-ring (bicyclic) bond motifs is 1. The lowest BCUT2D eigenvalue weighted by Crippen LogP contribution is -2.43. The maximum absolute atomic E-state index is 13.6. The molecule has 0 saturated carbocycles. The van der Waals surface area contributed by atoms with Crippen LogP contribution in [0.4, 0.5) is 13.2 Å². The lowest BCUT2D eigenvalue weighted by molar-refractivity contribution is -0.141. The molecule has 1 unspecified atom stereocenters. The van der Waals surface area contributed by atoms with Crippen LogP contribution in [0.2, 0.25) is 5.02 Å². The minimum atomic E-state index is -4.60. The topological polar surface area (TPSA) is 86.3 Å². The summed E-state index contributed by atoms with van der Waals surface area (Å²) in [6, 6.07) is 8.04. The summed E-state index contributed by atoms with van der Waals surface area (Å²) in [6.07, 6.45) is -4.60. The molecule has 2 aromatic carbocycles. The van der Waals surface area contributed by atoms with Crippen LogP contribution in [-0.4, -0.2) is 57.2 Å². The van der Waals surface area contributed by atoms with Gasteiger partial charge >= 0.3 is 6.18 Å². The van der Waals surface area contributed by atoms with E-state index in [2.05, 4.69) is 0 Å². The second kappa shape index (κ2) is 10.9. The number of alkyl halides is 3. The van der Waals surface area contributed by atoms with Crippen molar-refractivity contribution in [1.29, 1.82) is 0 Å². The van der Waals surface area contributed by atoms with Gasteiger partial charge in [0, 0.05) is 26.8 Å². The fourth-order valence-electron chi connectivity index (χ4n) is 3.47. The molecule has 1 atom stereocenters. The highest BCUT2D eigenvalue weighted by molar-refractivity contribution is 6.32. The summed E-state index contributed by atoms with van der Waals surface area (Å²) in [5.74, 6) is -1.40. The van der Waals surface area contributed by atoms with Crippen molar-refractivity contribution in [3.8, 4) is 11.5 Å². The molecule has 2 aromatic rings. The number of benzene rings is 2. The van der Waals surface area contributed by atoms with Gasteiger partial charge in [0.05, 0.1) is 10.6 Å². The zero-order valence-electron chi connectivity index (χ0n) is 18.3. The number of hydrogen-bond acceptors (Lipinski definition) is 6. The Morgan fingerprint density at radius 3 is 2.38 bits per heavy atom. The van der Waals surface area contributed by atoms with Crippen molar-refractivity contribution < 1.29 is 41.7 Å². The van der Waals surface area contributed by atoms with E-state index < -0.39 is 30.6 Å². The molecule has 0 aliphatic carbocycles. The predicted molar refractivity (Wildman–Crippen MR) is 115 cm³/mol. The van der Waals surface area contributed by atoms with Crippen LogP contribution in [0.25, 0.3) is 0 Å². The fraction of sp³-hybridized carbons (Fsp3) is 0.364. The van der Waals surface area contributed by atoms with Crippen LogP contribution < -0.4 is 14.8 Å². The first kappa shape index (κ1) is 25.6. The number of ether oxygens (including phenoxy) is 4. The van der Waals surface area contributed by atoms with E-state index in [4.69, 9.17) is 30.5 Å². The standard InChI is InChI=1S/C22H22ClF3N2O6/c1-31-11-33-17-8-18(34-12-32-2)16(23)7-15(17)21(30)28-9-13-5-3-4-6-14(13)19(28)20(29)27-10-22(24,25)26/h3-8,19H,9-12H2,1-2H3,(H,27,29). The molecule has 12 heteroatoms. The van der Waals surface area contributed by atoms with Gasteiger partial charge in [0.1, 0.15) is 24.1 Å². The van der Waals surface area contributed by atoms with Crippen molar-refractivity contribution in [2.24, 2.45) is 0 Å². The Kier molecular flexibility index (Phi) is 8.24. The van der Waals surface area contributed by atoms with Gasteiger partial charge in [-0.15, -0.1) is 0 Å². The first-order valence-corrected chi connectivity index (χ1v) is 10.3. The van der Waals surface area contributed by atoms with Crippen LogP contribution in [0.5, 0.6) is 11.5 Å². The Bertz CT molecular complexity index is 1050. The predicted octanol–water partition coefficient (Wildman–Crippen LogP) is 3.68. The van der Waals surface area contributed by atoms with E-state index in [0.29, 0.717) is 11.1 Å². The number of rotatable bonds is 9. The molecule has 1 aliphatic heterocycles. The van der Waals surface area contributed by atoms with Gasteiger partial charge in [-0.1, -0.05) is 35.9 Å². The Balaban J connectivity index is 1.97. The SMILES string of the molecule is COCOc1cc(OCOC)c(C(=O)N2Cc3ccccc3C2C(=O)NCC(F)(F)F)cc1Cl. The summed E-state index contributed by atoms with van der Waals surface area (Å²) < 4.78 is 58.8. The molecule has 184 valence electrons. The molecule has 8 nitrogen and oxygen atoms in total. The largest absolute Gasteiger partial charge is 0.467 e. The lowest BCUT2D eigenvalue weighted by Gasteiger charge is -2.26. The molecule has 1 N–H and O–H groups in total. The van der Waals surface area contributed by atoms with Gasteiger partial charge in [0.25, 0.3) is 5.91 Å². The number of hydrogen-bond donors (Lipinski definition) is 1. The molecular formula is C22H22ClF3N2O6. The van der Waals surface area contributed by atoms with Crippen LogP contribution >= 0.6 is 11.6 Å². The molecule has 1 aliphatic rings. The lowest BCUT2D eigenvalue weighted by atomic mass is 10.0. The Morgan fingerprint density at radius 2 is 1.74 bits per heavy atom. The third kappa shape index (κ3) is 5.91. The third-order valence-electron chi connectivity index (χ3n) is 4.90. The van der Waals surface area contributed by atoms with Crippen molar-refractivity contribution in [2.75, 3.05) is 34.4 Å². The summed E-state index contributed by atoms with van der Waals surface area (Å²) in [5, 5.41) is 1.93. The maximum atomic E-state index is 13.6. The second-order valence-electron chi connectivity index (χ2n) is 7.25. The summed E-state index contributed by atoms with van der Waals surface area (Å²) in [6.45, 7) is -1.84. The highest BCUT2D eigenvalue weighted by Gasteiger charge is 2.41. The van der Waals surface area contributed by atoms with E-state index >= 15 is 0 Å². The molecular weight excluding hydrogens is 481 g/mol. The maximum Gasteiger partial charge on any atom is 0.405 e. The highest BCUT2D eigenvalue weighted by atomic mass is 35.5. The number of nitrogens with one attached hydrogen (secondary N) is 1. The summed E-state index contributed by atoms with van der Waals surface area (Å²) in [4.78, 5) is 27.5. The molecule has 0 radical (unpaired) electrons. The zero-order chi connectivity index (χ0) is 24.9. The van der Waals surface area contributed by atoms with Crippen molar-refractivity contribution >= 4 is 23.4 Å². The first-order valence-electron chi connectivity index (χ1n) is 9.96. The van der Waals surface area contributed by atoms with Gasteiger partial charge < -0.3 is 29.2 Å². The number of carbonyl (C=O) groups is 2. The van der Waals surface area contributed by atoms with Crippen LogP contribution in [0.15, 0.2) is 36.4 Å². The number of amides is 2. The molecule has 3 rings (SSSR count). The van der Waals surface area contributed by atoms with Gasteiger partial charge in [-0.3, -0.25) is 9.59 Å². The van der Waals surface area contributed by atoms with E-state index in [1.54, 1.807) is 24.3 Å². The van der Waals surface area contributed by atoms with E-state index in [-0.39, 0.29) is 42.2 Å². The molecule has 1 heterocycles. The van der Waals surface area contributed by atoms with E-state index in [0.717, 1.165) is 4.90 Å². The summed E-state index contributed by atoms with van der Waals surface area (Å²) in [7, 11) is 2.81. The molecule has 2 amide bonds. The van der Waals surface area contributed by atoms with Crippen LogP contribution in [-0.2, 0) is 20.8 Å². The zero-order valence-corrected chi connectivity index (χ0v) is 19.0. The Hall–Kier alpha value is -3.02. The summed E-state index contributed by atoms with van der Waals surface area (Å²) in [5.41, 5.74) is 1.04. The minimum absolute atomic E-state index is 0.00236. The average Bonchev–Trinajstić information content (AvgIpc) is 3.19. The monoisotopic (exact) mass is 502 g/mol. The third-order valence-corrected chi connectivity index (χ3v) is 5.20. The Morgan fingerprint density at radius 1 is 1.09 bits per heavy atom. The molecule has 0 bridgehead atoms. The van der Waals surface area contributed by atoms with Gasteiger partial charge in [0.2, 0.25) is 5.91 Å². The van der Waals surface area contributed by atoms with Gasteiger partial charge in [-0.2, -0.15) is 13.2 Å². The number of methoxy groups -OCH3 is 2. The first-order chi connectivity index (χ1) is 16.2. The van der Waals surface area contributed by atoms with Crippen molar-refractivity contribution in [3.63, 3.8) is 0 Å². The van der Waals surface area contributed by atoms with Crippen molar-refractivity contribution in [2.45, 2.75) is 18.8 Å². The van der Waals surface area contributed by atoms with Gasteiger partial charge in [-0.25, -0.2) is 0 Å². The summed E-state index contributed by atoms with van der Waals surface area (Å²) >= 11 is 6.27. The number of halogens is 4. The van der Waals surface area contributed by atoms with Crippen LogP contribution in [0, 0.1) is 0 Å². The van der Waals surface area contributed by atoms with Gasteiger partial charge in [0.15, 0.2) is 13.6 Å². The van der Waals surface area contributed by atoms with E-state index in [1.165, 1.54) is 26.4 Å². The smallest absolute Gasteiger partial charge is 0.405 e. The molecule has 0 saturated heterocycles. The number of nitrogens with zero attached hydrogens (tertiary/aromatic N) is 1. The molecule has 0 fully saturated rings. The van der Waals surface area contributed by atoms with Crippen LogP contribution in [0.1, 0.15) is 27.5 Å². The van der Waals surface area contributed by atoms with Crippen molar-refractivity contribution in [3.05, 3.63) is 58.1 Å². The van der Waals surface area contributed by atoms with Crippen LogP contribution in [0.3, 0.4) is 0 Å². The fourth-order valence-corrected chi connectivity index (χ4v) is 3.69. The molecule has 0 aromatic heterocycles. The average molecular weight is 503 g/mol. The molecule has 34 heavy (non-hydrogen) atoms. The second-order valence-corrected chi connectivity index (χ2v) is 7.66. The normalized spacial score (nSPS) is 15.1. The Labute approximate surface area is 198 Å². The van der Waals surface area contributed by atoms with E-state index in [1.807, 2.05) is 5.32 Å².